The van der Waals surface area contributed by atoms with Crippen molar-refractivity contribution in [2.75, 3.05) is 60.5 Å². The summed E-state index contributed by atoms with van der Waals surface area (Å²) in [6.45, 7) is 6.15. The lowest BCUT2D eigenvalue weighted by atomic mass is 9.83. The minimum atomic E-state index is -0.808. The molecule has 0 bridgehead atoms. The van der Waals surface area contributed by atoms with Crippen molar-refractivity contribution in [2.24, 2.45) is 5.92 Å². The van der Waals surface area contributed by atoms with Crippen LogP contribution in [-0.2, 0) is 22.4 Å². The van der Waals surface area contributed by atoms with E-state index in [9.17, 15) is 14.7 Å². The van der Waals surface area contributed by atoms with Gasteiger partial charge in [0.1, 0.15) is 12.1 Å². The first-order valence-corrected chi connectivity index (χ1v) is 15.2. The van der Waals surface area contributed by atoms with Gasteiger partial charge in [-0.05, 0) is 55.4 Å². The van der Waals surface area contributed by atoms with Crippen molar-refractivity contribution in [3.8, 4) is 5.75 Å². The van der Waals surface area contributed by atoms with Gasteiger partial charge in [-0.2, -0.15) is 0 Å². The van der Waals surface area contributed by atoms with E-state index in [1.165, 1.54) is 6.33 Å². The minimum absolute atomic E-state index is 0.0999. The molecule has 0 saturated carbocycles. The van der Waals surface area contributed by atoms with Gasteiger partial charge < -0.3 is 19.2 Å². The maximum atomic E-state index is 13.8. The maximum Gasteiger partial charge on any atom is 0.308 e. The first-order chi connectivity index (χ1) is 19.7. The predicted molar refractivity (Wildman–Crippen MR) is 159 cm³/mol. The molecule has 9 nitrogen and oxygen atoms in total. The number of benzene rings is 1. The first-order valence-electron chi connectivity index (χ1n) is 15.2. The molecule has 2 aromatic rings. The number of hydrogen-bond acceptors (Lipinski definition) is 6. The first kappa shape index (κ1) is 30.9. The molecule has 0 unspecified atom stereocenters. The fourth-order valence-electron chi connectivity index (χ4n) is 6.26. The molecule has 1 aromatic carbocycles. The lowest BCUT2D eigenvalue weighted by molar-refractivity contribution is -0.870. The molecule has 1 N–H and O–H groups in total. The monoisotopic (exact) mass is 566 g/mol. The number of fused-ring (bicyclic) bond motifs is 1. The molecule has 9 heteroatoms. The summed E-state index contributed by atoms with van der Waals surface area (Å²) in [7, 11) is 6.58. The summed E-state index contributed by atoms with van der Waals surface area (Å²) in [6, 6.07) is 7.71. The van der Waals surface area contributed by atoms with E-state index in [-0.39, 0.29) is 24.4 Å². The number of ether oxygens (including phenoxy) is 1. The predicted octanol–water partition coefficient (Wildman–Crippen LogP) is 3.63. The molecule has 3 heterocycles. The van der Waals surface area contributed by atoms with Crippen LogP contribution in [0.15, 0.2) is 36.8 Å². The summed E-state index contributed by atoms with van der Waals surface area (Å²) in [5, 5.41) is 10.5. The number of likely N-dealkylation sites (tertiary alicyclic amines) is 1. The number of amides is 1. The van der Waals surface area contributed by atoms with Crippen molar-refractivity contribution in [2.45, 2.75) is 63.8 Å². The molecule has 41 heavy (non-hydrogen) atoms. The summed E-state index contributed by atoms with van der Waals surface area (Å²) >= 11 is 0. The number of unbranched alkanes of at least 4 members (excludes halogenated alkanes) is 2. The van der Waals surface area contributed by atoms with Gasteiger partial charge in [0.05, 0.1) is 46.8 Å². The number of aryl methyl sites for hydroxylation is 1. The number of hydrogen-bond donors (Lipinski definition) is 1. The number of carbonyl (C=O) groups is 2. The molecule has 1 fully saturated rings. The Morgan fingerprint density at radius 2 is 1.95 bits per heavy atom. The van der Waals surface area contributed by atoms with Crippen molar-refractivity contribution in [3.63, 3.8) is 0 Å². The smallest absolute Gasteiger partial charge is 0.308 e. The molecule has 0 spiro atoms. The van der Waals surface area contributed by atoms with Crippen LogP contribution < -0.4 is 4.74 Å². The van der Waals surface area contributed by atoms with Gasteiger partial charge >= 0.3 is 5.97 Å². The van der Waals surface area contributed by atoms with E-state index < -0.39 is 11.9 Å². The number of carboxylic acids is 1. The van der Waals surface area contributed by atoms with Crippen LogP contribution in [0.3, 0.4) is 0 Å². The van der Waals surface area contributed by atoms with E-state index in [1.807, 2.05) is 23.1 Å². The molecule has 1 saturated heterocycles. The lowest BCUT2D eigenvalue weighted by Gasteiger charge is -2.30. The van der Waals surface area contributed by atoms with Crippen LogP contribution in [0.25, 0.3) is 0 Å². The highest BCUT2D eigenvalue weighted by atomic mass is 16.5. The quantitative estimate of drug-likeness (QED) is 0.260. The second kappa shape index (κ2) is 14.2. The summed E-state index contributed by atoms with van der Waals surface area (Å²) in [5.41, 5.74) is 3.04. The Morgan fingerprint density at radius 3 is 2.66 bits per heavy atom. The zero-order valence-corrected chi connectivity index (χ0v) is 25.3. The number of rotatable bonds is 15. The van der Waals surface area contributed by atoms with Gasteiger partial charge in [0, 0.05) is 49.9 Å². The van der Waals surface area contributed by atoms with Gasteiger partial charge in [-0.1, -0.05) is 25.5 Å². The molecule has 2 aliphatic heterocycles. The van der Waals surface area contributed by atoms with Crippen LogP contribution in [-0.4, -0.2) is 108 Å². The van der Waals surface area contributed by atoms with Gasteiger partial charge in [0.25, 0.3) is 0 Å². The van der Waals surface area contributed by atoms with Crippen LogP contribution in [0.1, 0.15) is 61.8 Å². The Kier molecular flexibility index (Phi) is 10.7. The zero-order chi connectivity index (χ0) is 29.4. The van der Waals surface area contributed by atoms with Crippen LogP contribution in [0, 0.1) is 5.92 Å². The average molecular weight is 567 g/mol. The van der Waals surface area contributed by atoms with E-state index >= 15 is 0 Å². The summed E-state index contributed by atoms with van der Waals surface area (Å²) < 4.78 is 6.61. The molecule has 0 aliphatic carbocycles. The SMILES string of the molecule is CCCCN(CCCC[N+](C)(C)C)C(=O)CN1C[C@H](c2ccc3c(c2)CCO3)[C@@H](C(=O)O)[C@@H]1CCc1ccncn1. The standard InChI is InChI=1S/C32H47N5O4/c1-5-6-16-35(17-7-8-18-37(2,3)4)30(38)22-36-21-27(24-9-12-29-25(20-24)14-19-41-29)31(32(39)40)28(36)11-10-26-13-15-33-23-34-26/h9,12-13,15,20,23,27-28,31H,5-8,10-11,14,16-19,21-22H2,1-4H3/p+1/t27-,28+,31-/m1/s1. The van der Waals surface area contributed by atoms with E-state index in [0.717, 1.165) is 78.8 Å². The van der Waals surface area contributed by atoms with Crippen molar-refractivity contribution in [1.82, 2.24) is 19.8 Å². The maximum absolute atomic E-state index is 13.8. The highest BCUT2D eigenvalue weighted by molar-refractivity contribution is 5.79. The van der Waals surface area contributed by atoms with E-state index in [0.29, 0.717) is 26.0 Å². The van der Waals surface area contributed by atoms with E-state index in [2.05, 4.69) is 49.0 Å². The zero-order valence-electron chi connectivity index (χ0n) is 25.3. The van der Waals surface area contributed by atoms with Crippen LogP contribution in [0.4, 0.5) is 0 Å². The third-order valence-electron chi connectivity index (χ3n) is 8.49. The van der Waals surface area contributed by atoms with Crippen molar-refractivity contribution in [3.05, 3.63) is 53.6 Å². The average Bonchev–Trinajstić information content (AvgIpc) is 3.55. The van der Waals surface area contributed by atoms with Gasteiger partial charge in [-0.25, -0.2) is 9.97 Å². The Bertz CT molecular complexity index is 1150. The molecule has 1 amide bonds. The summed E-state index contributed by atoms with van der Waals surface area (Å²) in [6.07, 6.45) is 9.37. The third kappa shape index (κ3) is 8.49. The van der Waals surface area contributed by atoms with Gasteiger partial charge in [0.2, 0.25) is 5.91 Å². The van der Waals surface area contributed by atoms with Crippen molar-refractivity contribution in [1.29, 1.82) is 0 Å². The molecule has 1 aromatic heterocycles. The molecule has 3 atom stereocenters. The Morgan fingerprint density at radius 1 is 1.15 bits per heavy atom. The van der Waals surface area contributed by atoms with Crippen LogP contribution >= 0.6 is 0 Å². The Hall–Kier alpha value is -3.04. The van der Waals surface area contributed by atoms with Gasteiger partial charge in [-0.15, -0.1) is 0 Å². The summed E-state index contributed by atoms with van der Waals surface area (Å²) in [5.74, 6) is -0.628. The van der Waals surface area contributed by atoms with Gasteiger partial charge in [-0.3, -0.25) is 14.5 Å². The van der Waals surface area contributed by atoms with Crippen molar-refractivity contribution < 1.29 is 23.9 Å². The molecular formula is C32H48N5O4+. The lowest BCUT2D eigenvalue weighted by Crippen LogP contribution is -2.45. The van der Waals surface area contributed by atoms with Crippen molar-refractivity contribution >= 4 is 11.9 Å². The summed E-state index contributed by atoms with van der Waals surface area (Å²) in [4.78, 5) is 39.1. The number of aromatic nitrogens is 2. The minimum Gasteiger partial charge on any atom is -0.493 e. The Labute approximate surface area is 245 Å². The highest BCUT2D eigenvalue weighted by Gasteiger charge is 2.47. The molecule has 4 rings (SSSR count). The molecule has 2 aliphatic rings. The number of carboxylic acid groups (broad SMARTS) is 1. The van der Waals surface area contributed by atoms with E-state index in [4.69, 9.17) is 4.74 Å². The fraction of sp³-hybridized carbons (Fsp3) is 0.625. The number of quaternary nitrogens is 1. The van der Waals surface area contributed by atoms with Crippen LogP contribution in [0.2, 0.25) is 0 Å². The van der Waals surface area contributed by atoms with E-state index in [1.54, 1.807) is 6.20 Å². The normalized spacial score (nSPS) is 20.5. The number of aliphatic carboxylic acids is 1. The second-order valence-corrected chi connectivity index (χ2v) is 12.6. The molecular weight excluding hydrogens is 518 g/mol. The van der Waals surface area contributed by atoms with Gasteiger partial charge in [0.15, 0.2) is 0 Å². The third-order valence-corrected chi connectivity index (χ3v) is 8.49. The molecule has 0 radical (unpaired) electrons. The largest absolute Gasteiger partial charge is 0.493 e. The fourth-order valence-corrected chi connectivity index (χ4v) is 6.26. The molecule has 224 valence electrons. The Balaban J connectivity index is 1.54. The number of carbonyl (C=O) groups excluding carboxylic acids is 1. The second-order valence-electron chi connectivity index (χ2n) is 12.6. The van der Waals surface area contributed by atoms with Crippen LogP contribution in [0.5, 0.6) is 5.75 Å². The topological polar surface area (TPSA) is 95.9 Å². The number of nitrogens with zero attached hydrogens (tertiary/aromatic N) is 5. The highest BCUT2D eigenvalue weighted by Crippen LogP contribution is 2.41.